The van der Waals surface area contributed by atoms with Crippen LogP contribution in [0.2, 0.25) is 0 Å². The van der Waals surface area contributed by atoms with Gasteiger partial charge in [-0.1, -0.05) is 87.9 Å². The van der Waals surface area contributed by atoms with Gasteiger partial charge in [-0.3, -0.25) is 4.79 Å². The maximum Gasteiger partial charge on any atom is 0.508 e. The quantitative estimate of drug-likeness (QED) is 0.305. The van der Waals surface area contributed by atoms with Crippen LogP contribution >= 0.6 is 0 Å². The zero-order valence-electron chi connectivity index (χ0n) is 24.4. The van der Waals surface area contributed by atoms with E-state index in [4.69, 9.17) is 14.2 Å². The molecular weight excluding hydrogens is 518 g/mol. The number of hydrogen-bond acceptors (Lipinski definition) is 6. The minimum Gasteiger partial charge on any atom is -0.460 e. The number of esters is 1. The van der Waals surface area contributed by atoms with Gasteiger partial charge in [-0.05, 0) is 55.2 Å². The van der Waals surface area contributed by atoms with Gasteiger partial charge in [0, 0.05) is 23.3 Å². The Hall–Kier alpha value is -3.61. The van der Waals surface area contributed by atoms with Crippen LogP contribution in [0.3, 0.4) is 0 Å². The van der Waals surface area contributed by atoms with Crippen molar-refractivity contribution < 1.29 is 28.6 Å². The molecule has 2 bridgehead atoms. The highest BCUT2D eigenvalue weighted by atomic mass is 16.7. The molecule has 2 aromatic carbocycles. The van der Waals surface area contributed by atoms with Crippen molar-refractivity contribution in [2.24, 2.45) is 23.7 Å². The number of fused-ring (bicyclic) bond motifs is 2. The van der Waals surface area contributed by atoms with Crippen LogP contribution in [0, 0.1) is 23.7 Å². The third-order valence-corrected chi connectivity index (χ3v) is 9.48. The molecule has 0 heterocycles. The summed E-state index contributed by atoms with van der Waals surface area (Å²) in [6.07, 6.45) is 4.98. The van der Waals surface area contributed by atoms with E-state index in [0.717, 1.165) is 19.3 Å². The van der Waals surface area contributed by atoms with Gasteiger partial charge in [-0.2, -0.15) is 0 Å². The summed E-state index contributed by atoms with van der Waals surface area (Å²) in [6, 6.07) is 19.1. The number of hydrogen-bond donors (Lipinski definition) is 1. The first-order valence-electron chi connectivity index (χ1n) is 14.8. The Kier molecular flexibility index (Phi) is 8.25. The fourth-order valence-electron chi connectivity index (χ4n) is 7.21. The molecule has 2 aromatic rings. The lowest BCUT2D eigenvalue weighted by Crippen LogP contribution is -2.66. The van der Waals surface area contributed by atoms with E-state index in [1.165, 1.54) is 5.56 Å². The maximum absolute atomic E-state index is 14.6. The van der Waals surface area contributed by atoms with Gasteiger partial charge in [0.1, 0.15) is 12.2 Å². The third kappa shape index (κ3) is 5.51. The summed E-state index contributed by atoms with van der Waals surface area (Å²) in [5.74, 6) is -1.13. The van der Waals surface area contributed by atoms with Crippen molar-refractivity contribution in [3.8, 4) is 0 Å². The number of rotatable bonds is 8. The second-order valence-electron chi connectivity index (χ2n) is 12.4. The van der Waals surface area contributed by atoms with Crippen molar-refractivity contribution in [1.29, 1.82) is 0 Å². The first kappa shape index (κ1) is 28.9. The molecule has 3 aliphatic rings. The van der Waals surface area contributed by atoms with Crippen molar-refractivity contribution in [1.82, 2.24) is 5.32 Å². The van der Waals surface area contributed by atoms with Crippen LogP contribution in [0.1, 0.15) is 69.3 Å². The Balaban J connectivity index is 1.50. The van der Waals surface area contributed by atoms with E-state index in [0.29, 0.717) is 17.9 Å². The first-order valence-corrected chi connectivity index (χ1v) is 14.8. The topological polar surface area (TPSA) is 90.9 Å². The van der Waals surface area contributed by atoms with Crippen LogP contribution in [0.25, 0.3) is 0 Å². The SMILES string of the molecule is CCOC(=O)O[C@H]1[C@H]2C=C[C@H](C2)[C@]1(NC(=O)c1ccccc1)C(=O)O[C@@H]1C[C@H](C)CC[C@H]1C(C)(C)c1ccccc1. The molecule has 1 N–H and O–H groups in total. The van der Waals surface area contributed by atoms with Crippen LogP contribution < -0.4 is 5.32 Å². The zero-order valence-corrected chi connectivity index (χ0v) is 24.4. The molecule has 0 unspecified atom stereocenters. The molecule has 2 saturated carbocycles. The van der Waals surface area contributed by atoms with E-state index in [-0.39, 0.29) is 35.9 Å². The molecule has 41 heavy (non-hydrogen) atoms. The van der Waals surface area contributed by atoms with Crippen molar-refractivity contribution in [3.63, 3.8) is 0 Å². The Morgan fingerprint density at radius 2 is 1.61 bits per heavy atom. The summed E-state index contributed by atoms with van der Waals surface area (Å²) in [6.45, 7) is 8.44. The van der Waals surface area contributed by atoms with Gasteiger partial charge in [-0.25, -0.2) is 9.59 Å². The third-order valence-electron chi connectivity index (χ3n) is 9.48. The summed E-state index contributed by atoms with van der Waals surface area (Å²) >= 11 is 0. The zero-order chi connectivity index (χ0) is 29.2. The standard InChI is InChI=1S/C34H41NO6/c1-5-39-32(38)41-29-24-17-18-26(21-24)34(29,35-30(36)23-12-8-6-9-13-23)31(37)40-28-20-22(2)16-19-27(28)33(3,4)25-14-10-7-11-15-25/h6-15,17-18,22,24,26-29H,5,16,19-21H2,1-4H3,(H,35,36)/t22-,24+,26-,27-,28-,29+,34-/m1/s1. The summed E-state index contributed by atoms with van der Waals surface area (Å²) in [4.78, 5) is 40.7. The van der Waals surface area contributed by atoms with Crippen LogP contribution in [-0.4, -0.2) is 42.4 Å². The Labute approximate surface area is 242 Å². The van der Waals surface area contributed by atoms with E-state index in [1.54, 1.807) is 31.2 Å². The van der Waals surface area contributed by atoms with E-state index < -0.39 is 29.7 Å². The van der Waals surface area contributed by atoms with E-state index in [9.17, 15) is 14.4 Å². The minimum absolute atomic E-state index is 0.0745. The van der Waals surface area contributed by atoms with Crippen LogP contribution in [0.15, 0.2) is 72.8 Å². The number of carbonyl (C=O) groups is 3. The Morgan fingerprint density at radius 3 is 2.29 bits per heavy atom. The second-order valence-corrected chi connectivity index (χ2v) is 12.4. The fraction of sp³-hybridized carbons (Fsp3) is 0.500. The molecule has 7 heteroatoms. The minimum atomic E-state index is -1.57. The van der Waals surface area contributed by atoms with Gasteiger partial charge in [0.2, 0.25) is 0 Å². The predicted octanol–water partition coefficient (Wildman–Crippen LogP) is 6.23. The average molecular weight is 560 g/mol. The number of ether oxygens (including phenoxy) is 3. The molecule has 0 aliphatic heterocycles. The summed E-state index contributed by atoms with van der Waals surface area (Å²) in [5, 5.41) is 3.03. The van der Waals surface area contributed by atoms with Gasteiger partial charge < -0.3 is 19.5 Å². The van der Waals surface area contributed by atoms with Crippen LogP contribution in [0.4, 0.5) is 4.79 Å². The number of nitrogens with one attached hydrogen (secondary N) is 1. The number of benzene rings is 2. The van der Waals surface area contributed by atoms with Crippen molar-refractivity contribution in [2.45, 2.75) is 76.5 Å². The summed E-state index contributed by atoms with van der Waals surface area (Å²) in [7, 11) is 0. The van der Waals surface area contributed by atoms with E-state index in [1.807, 2.05) is 36.4 Å². The van der Waals surface area contributed by atoms with Crippen molar-refractivity contribution in [3.05, 3.63) is 83.9 Å². The largest absolute Gasteiger partial charge is 0.508 e. The normalized spacial score (nSPS) is 30.4. The number of amides is 1. The summed E-state index contributed by atoms with van der Waals surface area (Å²) in [5.41, 5.74) is -0.210. The Bertz CT molecular complexity index is 1270. The molecule has 0 radical (unpaired) electrons. The monoisotopic (exact) mass is 559 g/mol. The molecule has 2 fully saturated rings. The molecule has 218 valence electrons. The van der Waals surface area contributed by atoms with Gasteiger partial charge in [0.05, 0.1) is 6.61 Å². The number of carbonyl (C=O) groups excluding carboxylic acids is 3. The van der Waals surface area contributed by atoms with Crippen molar-refractivity contribution >= 4 is 18.0 Å². The molecule has 7 atom stereocenters. The lowest BCUT2D eigenvalue weighted by molar-refractivity contribution is -0.171. The lowest BCUT2D eigenvalue weighted by Gasteiger charge is -2.46. The van der Waals surface area contributed by atoms with Crippen molar-refractivity contribution in [2.75, 3.05) is 6.61 Å². The summed E-state index contributed by atoms with van der Waals surface area (Å²) < 4.78 is 17.4. The maximum atomic E-state index is 14.6. The Morgan fingerprint density at radius 1 is 0.927 bits per heavy atom. The highest BCUT2D eigenvalue weighted by Gasteiger charge is 2.65. The van der Waals surface area contributed by atoms with Crippen LogP contribution in [0.5, 0.6) is 0 Å². The van der Waals surface area contributed by atoms with Gasteiger partial charge in [-0.15, -0.1) is 0 Å². The molecule has 0 aromatic heterocycles. The fourth-order valence-corrected chi connectivity index (χ4v) is 7.21. The molecule has 0 spiro atoms. The molecule has 7 nitrogen and oxygen atoms in total. The molecule has 0 saturated heterocycles. The lowest BCUT2D eigenvalue weighted by atomic mass is 9.64. The van der Waals surface area contributed by atoms with Gasteiger partial charge >= 0.3 is 12.1 Å². The smallest absolute Gasteiger partial charge is 0.460 e. The molecular formula is C34H41NO6. The van der Waals surface area contributed by atoms with Gasteiger partial charge in [0.25, 0.3) is 5.91 Å². The van der Waals surface area contributed by atoms with E-state index >= 15 is 0 Å². The highest BCUT2D eigenvalue weighted by molar-refractivity contribution is 5.99. The average Bonchev–Trinajstić information content (AvgIpc) is 3.56. The van der Waals surface area contributed by atoms with Crippen LogP contribution in [-0.2, 0) is 24.4 Å². The second kappa shape index (κ2) is 11.7. The molecule has 1 amide bonds. The molecule has 5 rings (SSSR count). The molecule has 3 aliphatic carbocycles. The van der Waals surface area contributed by atoms with E-state index in [2.05, 4.69) is 38.2 Å². The first-order chi connectivity index (χ1) is 19.7. The predicted molar refractivity (Wildman–Crippen MR) is 155 cm³/mol. The van der Waals surface area contributed by atoms with Gasteiger partial charge in [0.15, 0.2) is 5.54 Å². The highest BCUT2D eigenvalue weighted by Crippen LogP contribution is 2.50.